The number of hydrogen-bond donors (Lipinski definition) is 0. The van der Waals surface area contributed by atoms with Gasteiger partial charge < -0.3 is 4.74 Å². The molecule has 1 heterocycles. The van der Waals surface area contributed by atoms with Crippen LogP contribution in [0.4, 0.5) is 0 Å². The number of hydrogen-bond acceptors (Lipinski definition) is 4. The topological polar surface area (TPSA) is 67.9 Å². The summed E-state index contributed by atoms with van der Waals surface area (Å²) in [6.07, 6.45) is 9.90. The lowest BCUT2D eigenvalue weighted by molar-refractivity contribution is 0.217. The molecule has 3 aromatic rings. The molecule has 0 spiro atoms. The lowest BCUT2D eigenvalue weighted by Gasteiger charge is -2.17. The first kappa shape index (κ1) is 34.3. The summed E-state index contributed by atoms with van der Waals surface area (Å²) in [5, 5.41) is 9.43. The predicted molar refractivity (Wildman–Crippen MR) is 177 cm³/mol. The molecule has 5 nitrogen and oxygen atoms in total. The Morgan fingerprint density at radius 1 is 1.05 bits per heavy atom. The van der Waals surface area contributed by atoms with Crippen molar-refractivity contribution in [2.24, 2.45) is 0 Å². The number of allylic oxidation sites excluding steroid dienone is 4. The Bertz CT molecular complexity index is 1440. The van der Waals surface area contributed by atoms with Crippen molar-refractivity contribution in [3.63, 3.8) is 0 Å². The minimum Gasteiger partial charge on any atom is -0.491 e. The van der Waals surface area contributed by atoms with Crippen LogP contribution >= 0.6 is 0 Å². The van der Waals surface area contributed by atoms with Crippen LogP contribution in [-0.2, 0) is 13.0 Å². The van der Waals surface area contributed by atoms with Gasteiger partial charge in [0.1, 0.15) is 11.6 Å². The molecule has 0 N–H and O–H groups in total. The molecule has 2 aromatic carbocycles. The molecule has 0 bridgehead atoms. The van der Waals surface area contributed by atoms with Gasteiger partial charge in [0.25, 0.3) is 5.56 Å². The molecular formula is C37H49N3O2. The van der Waals surface area contributed by atoms with Crippen molar-refractivity contribution in [2.45, 2.75) is 107 Å². The summed E-state index contributed by atoms with van der Waals surface area (Å²) >= 11 is 0. The number of benzene rings is 2. The van der Waals surface area contributed by atoms with E-state index in [1.165, 1.54) is 12.0 Å². The number of aryl methyl sites for hydroxylation is 2. The molecule has 0 saturated heterocycles. The third kappa shape index (κ3) is 9.58. The highest BCUT2D eigenvalue weighted by atomic mass is 16.5. The van der Waals surface area contributed by atoms with Crippen LogP contribution in [0.25, 0.3) is 16.7 Å². The van der Waals surface area contributed by atoms with Gasteiger partial charge in [0.15, 0.2) is 0 Å². The van der Waals surface area contributed by atoms with Crippen LogP contribution in [0.3, 0.4) is 0 Å². The van der Waals surface area contributed by atoms with Crippen molar-refractivity contribution in [3.05, 3.63) is 99.3 Å². The Kier molecular flexibility index (Phi) is 14.5. The predicted octanol–water partition coefficient (Wildman–Crippen LogP) is 9.47. The number of aromatic nitrogens is 2. The van der Waals surface area contributed by atoms with Gasteiger partial charge in [0, 0.05) is 13.0 Å². The highest BCUT2D eigenvalue weighted by molar-refractivity contribution is 5.69. The minimum absolute atomic E-state index is 0.00411. The summed E-state index contributed by atoms with van der Waals surface area (Å²) in [5.74, 6) is 1.63. The van der Waals surface area contributed by atoms with Crippen molar-refractivity contribution < 1.29 is 4.74 Å². The molecule has 0 amide bonds. The van der Waals surface area contributed by atoms with E-state index >= 15 is 0 Å². The van der Waals surface area contributed by atoms with Crippen molar-refractivity contribution in [1.82, 2.24) is 9.55 Å². The first-order chi connectivity index (χ1) is 20.2. The molecule has 42 heavy (non-hydrogen) atoms. The normalized spacial score (nSPS) is 12.3. The van der Waals surface area contributed by atoms with Crippen molar-refractivity contribution in [1.29, 1.82) is 5.26 Å². The van der Waals surface area contributed by atoms with Crippen LogP contribution in [0.2, 0.25) is 0 Å². The smallest absolute Gasteiger partial charge is 0.261 e. The van der Waals surface area contributed by atoms with Crippen molar-refractivity contribution in [2.75, 3.05) is 0 Å². The maximum atomic E-state index is 13.9. The van der Waals surface area contributed by atoms with E-state index < -0.39 is 0 Å². The molecule has 0 saturated carbocycles. The van der Waals surface area contributed by atoms with Gasteiger partial charge in [-0.05, 0) is 81.4 Å². The van der Waals surface area contributed by atoms with E-state index in [2.05, 4.69) is 52.8 Å². The van der Waals surface area contributed by atoms with E-state index in [1.54, 1.807) is 0 Å². The Labute approximate surface area is 253 Å². The lowest BCUT2D eigenvalue weighted by atomic mass is 10.0. The van der Waals surface area contributed by atoms with Crippen LogP contribution in [0, 0.1) is 18.3 Å². The Morgan fingerprint density at radius 3 is 2.31 bits per heavy atom. The summed E-state index contributed by atoms with van der Waals surface area (Å²) in [4.78, 5) is 18.8. The fraction of sp³-hybridized carbons (Fsp3) is 0.432. The Hall–Kier alpha value is -3.91. The molecule has 3 rings (SSSR count). The highest BCUT2D eigenvalue weighted by Crippen LogP contribution is 2.24. The van der Waals surface area contributed by atoms with Gasteiger partial charge in [-0.1, -0.05) is 89.1 Å². The molecule has 1 atom stereocenters. The zero-order valence-electron chi connectivity index (χ0n) is 27.0. The third-order valence-corrected chi connectivity index (χ3v) is 7.08. The fourth-order valence-electron chi connectivity index (χ4n) is 4.60. The summed E-state index contributed by atoms with van der Waals surface area (Å²) in [7, 11) is 0. The van der Waals surface area contributed by atoms with Gasteiger partial charge in [-0.15, -0.1) is 0 Å². The van der Waals surface area contributed by atoms with E-state index in [4.69, 9.17) is 9.72 Å². The molecule has 1 unspecified atom stereocenters. The minimum atomic E-state index is -0.00411. The Morgan fingerprint density at radius 2 is 1.71 bits per heavy atom. The second kappa shape index (κ2) is 17.8. The standard InChI is InChI=1S/C34H41N3O2.C3H8/c1-7-13-32-36-26(6)33(28-18-20-30(21-19-28)39-25(5)8-2)34(38)37(32)23-27(9-3)15-12-14-24(4)31-17-11-10-16-29(31)22-35;1-3-2/h10-11,14-21,25H,7-9,12-13,23H2,1-6H3;3H2,1-2H3/b24-14+,27-15+;. The molecule has 0 fully saturated rings. The molecule has 0 aliphatic carbocycles. The third-order valence-electron chi connectivity index (χ3n) is 7.08. The molecule has 1 aromatic heterocycles. The van der Waals surface area contributed by atoms with Crippen LogP contribution in [0.15, 0.2) is 71.1 Å². The average Bonchev–Trinajstić information content (AvgIpc) is 2.99. The molecule has 5 heteroatoms. The van der Waals surface area contributed by atoms with E-state index in [1.807, 2.05) is 73.9 Å². The maximum Gasteiger partial charge on any atom is 0.261 e. The average molecular weight is 568 g/mol. The quantitative estimate of drug-likeness (QED) is 0.204. The van der Waals surface area contributed by atoms with Crippen LogP contribution in [0.1, 0.15) is 103 Å². The van der Waals surface area contributed by atoms with Gasteiger partial charge in [-0.3, -0.25) is 9.36 Å². The first-order valence-electron chi connectivity index (χ1n) is 15.5. The SMILES string of the molecule is CCC.CCCc1nc(C)c(-c2ccc(OC(C)CC)cc2)c(=O)n1C/C(=C/C/C=C(\C)c1ccccc1C#N)CC. The molecule has 0 radical (unpaired) electrons. The monoisotopic (exact) mass is 567 g/mol. The van der Waals surface area contributed by atoms with Gasteiger partial charge in [-0.25, -0.2) is 4.98 Å². The van der Waals surface area contributed by atoms with Crippen LogP contribution in [0.5, 0.6) is 5.75 Å². The first-order valence-corrected chi connectivity index (χ1v) is 15.5. The van der Waals surface area contributed by atoms with Crippen molar-refractivity contribution in [3.8, 4) is 22.9 Å². The van der Waals surface area contributed by atoms with E-state index in [9.17, 15) is 10.1 Å². The largest absolute Gasteiger partial charge is 0.491 e. The van der Waals surface area contributed by atoms with Gasteiger partial charge in [0.05, 0.1) is 29.0 Å². The highest BCUT2D eigenvalue weighted by Gasteiger charge is 2.16. The maximum absolute atomic E-state index is 13.9. The lowest BCUT2D eigenvalue weighted by Crippen LogP contribution is -2.28. The molecular weight excluding hydrogens is 518 g/mol. The summed E-state index contributed by atoms with van der Waals surface area (Å²) in [6.45, 7) is 17.1. The molecule has 0 aliphatic rings. The zero-order valence-corrected chi connectivity index (χ0v) is 27.0. The van der Waals surface area contributed by atoms with Gasteiger partial charge in [-0.2, -0.15) is 5.26 Å². The summed E-state index contributed by atoms with van der Waals surface area (Å²) < 4.78 is 7.78. The second-order valence-corrected chi connectivity index (χ2v) is 10.7. The Balaban J connectivity index is 0.00000197. The second-order valence-electron chi connectivity index (χ2n) is 10.7. The van der Waals surface area contributed by atoms with E-state index in [0.29, 0.717) is 17.7 Å². The van der Waals surface area contributed by atoms with Crippen LogP contribution in [-0.4, -0.2) is 15.7 Å². The fourth-order valence-corrected chi connectivity index (χ4v) is 4.60. The van der Waals surface area contributed by atoms with Gasteiger partial charge >= 0.3 is 0 Å². The van der Waals surface area contributed by atoms with E-state index in [-0.39, 0.29) is 11.7 Å². The number of nitriles is 1. The van der Waals surface area contributed by atoms with Crippen LogP contribution < -0.4 is 10.3 Å². The van der Waals surface area contributed by atoms with E-state index in [0.717, 1.165) is 66.1 Å². The molecule has 0 aliphatic heterocycles. The number of nitrogens with zero attached hydrogens (tertiary/aromatic N) is 3. The van der Waals surface area contributed by atoms with Gasteiger partial charge in [0.2, 0.25) is 0 Å². The summed E-state index contributed by atoms with van der Waals surface area (Å²) in [5.41, 5.74) is 6.14. The number of ether oxygens (including phenoxy) is 1. The molecule has 224 valence electrons. The zero-order chi connectivity index (χ0) is 31.1. The summed E-state index contributed by atoms with van der Waals surface area (Å²) in [6, 6.07) is 17.7. The number of rotatable bonds is 12. The van der Waals surface area contributed by atoms with Crippen molar-refractivity contribution >= 4 is 5.57 Å².